The number of nitrogens with one attached hydrogen (secondary N) is 1. The molecule has 0 aliphatic carbocycles. The summed E-state index contributed by atoms with van der Waals surface area (Å²) in [5.41, 5.74) is 0.805. The van der Waals surface area contributed by atoms with Crippen LogP contribution in [0.2, 0.25) is 0 Å². The lowest BCUT2D eigenvalue weighted by molar-refractivity contribution is -0.136. The van der Waals surface area contributed by atoms with Crippen molar-refractivity contribution in [3.8, 4) is 0 Å². The summed E-state index contributed by atoms with van der Waals surface area (Å²) in [6.07, 6.45) is 5.76. The van der Waals surface area contributed by atoms with Crippen LogP contribution >= 0.6 is 0 Å². The molecule has 1 aromatic heterocycles. The summed E-state index contributed by atoms with van der Waals surface area (Å²) >= 11 is 0. The molecule has 2 aliphatic heterocycles. The monoisotopic (exact) mass is 354 g/mol. The normalized spacial score (nSPS) is 24.0. The van der Waals surface area contributed by atoms with Crippen LogP contribution in [0.4, 0.5) is 5.69 Å². The van der Waals surface area contributed by atoms with E-state index in [0.29, 0.717) is 17.8 Å². The van der Waals surface area contributed by atoms with Gasteiger partial charge in [-0.2, -0.15) is 5.10 Å². The van der Waals surface area contributed by atoms with Crippen molar-refractivity contribution in [2.45, 2.75) is 51.1 Å². The lowest BCUT2D eigenvalue weighted by Gasteiger charge is -2.35. The Balaban J connectivity index is 1.70. The molecule has 1 N–H and O–H groups in total. The van der Waals surface area contributed by atoms with Crippen molar-refractivity contribution in [3.63, 3.8) is 0 Å². The number of fused-ring (bicyclic) bond motifs is 1. The van der Waals surface area contributed by atoms with Crippen molar-refractivity contribution in [1.29, 1.82) is 0 Å². The largest absolute Gasteiger partial charge is 0.369 e. The number of carbonyl (C=O) groups excluding carboxylic acids is 2. The maximum Gasteiger partial charge on any atom is 0.275 e. The molecule has 1 aromatic carbocycles. The molecule has 2 fully saturated rings. The summed E-state index contributed by atoms with van der Waals surface area (Å²) in [5, 5.41) is 7.81. The summed E-state index contributed by atoms with van der Waals surface area (Å²) < 4.78 is 1.20. The highest BCUT2D eigenvalue weighted by Crippen LogP contribution is 2.27. The van der Waals surface area contributed by atoms with Crippen molar-refractivity contribution in [1.82, 2.24) is 15.1 Å². The number of aromatic nitrogens is 2. The molecule has 4 rings (SSSR count). The second-order valence-corrected chi connectivity index (χ2v) is 7.17. The van der Waals surface area contributed by atoms with Gasteiger partial charge in [-0.1, -0.05) is 0 Å². The van der Waals surface area contributed by atoms with E-state index in [4.69, 9.17) is 0 Å². The minimum atomic E-state index is -0.730. The molecule has 26 heavy (non-hydrogen) atoms. The number of rotatable bonds is 2. The molecule has 7 heteroatoms. The zero-order valence-electron chi connectivity index (χ0n) is 14.8. The standard InChI is InChI=1S/C19H22N4O3/c1-12-4-2-3-9-22(12)14-5-6-15-13(10-14)11-20-23(19(15)26)16-7-8-17(24)21-18(16)25/h5-6,10-12,16H,2-4,7-9H2,1H3,(H,21,24,25)/t12-,16?/m0/s1. The van der Waals surface area contributed by atoms with Crippen LogP contribution in [0.25, 0.3) is 10.8 Å². The van der Waals surface area contributed by atoms with Crippen LogP contribution in [0.15, 0.2) is 29.2 Å². The van der Waals surface area contributed by atoms with E-state index in [-0.39, 0.29) is 17.9 Å². The number of piperidine rings is 2. The van der Waals surface area contributed by atoms with Gasteiger partial charge in [0.05, 0.1) is 11.6 Å². The maximum absolute atomic E-state index is 12.8. The molecular weight excluding hydrogens is 332 g/mol. The number of imide groups is 1. The fourth-order valence-electron chi connectivity index (χ4n) is 3.95. The van der Waals surface area contributed by atoms with E-state index in [1.54, 1.807) is 6.20 Å². The Morgan fingerprint density at radius 3 is 2.77 bits per heavy atom. The molecule has 2 aromatic rings. The average molecular weight is 354 g/mol. The van der Waals surface area contributed by atoms with E-state index in [1.807, 2.05) is 18.2 Å². The Hall–Kier alpha value is -2.70. The zero-order chi connectivity index (χ0) is 18.3. The first-order valence-corrected chi connectivity index (χ1v) is 9.16. The van der Waals surface area contributed by atoms with E-state index >= 15 is 0 Å². The fraction of sp³-hybridized carbons (Fsp3) is 0.474. The molecule has 2 atom stereocenters. The van der Waals surface area contributed by atoms with E-state index in [9.17, 15) is 14.4 Å². The minimum Gasteiger partial charge on any atom is -0.369 e. The lowest BCUT2D eigenvalue weighted by atomic mass is 10.0. The van der Waals surface area contributed by atoms with E-state index in [2.05, 4.69) is 22.2 Å². The van der Waals surface area contributed by atoms with E-state index < -0.39 is 11.9 Å². The molecule has 136 valence electrons. The van der Waals surface area contributed by atoms with Gasteiger partial charge in [-0.05, 0) is 50.8 Å². The SMILES string of the molecule is C[C@H]1CCCCN1c1ccc2c(=O)n(C3CCC(=O)NC3=O)ncc2c1. The van der Waals surface area contributed by atoms with Gasteiger partial charge in [0.25, 0.3) is 11.5 Å². The molecule has 0 radical (unpaired) electrons. The Morgan fingerprint density at radius 2 is 2.00 bits per heavy atom. The molecule has 1 unspecified atom stereocenters. The Labute approximate surface area is 151 Å². The number of benzene rings is 1. The molecule has 2 saturated heterocycles. The first-order chi connectivity index (χ1) is 12.5. The van der Waals surface area contributed by atoms with Crippen LogP contribution in [-0.4, -0.2) is 34.2 Å². The first-order valence-electron chi connectivity index (χ1n) is 9.16. The van der Waals surface area contributed by atoms with Crippen LogP contribution in [0.1, 0.15) is 45.1 Å². The molecular formula is C19H22N4O3. The fourth-order valence-corrected chi connectivity index (χ4v) is 3.95. The van der Waals surface area contributed by atoms with Gasteiger partial charge in [-0.15, -0.1) is 0 Å². The number of amides is 2. The molecule has 2 aliphatic rings. The smallest absolute Gasteiger partial charge is 0.275 e. The van der Waals surface area contributed by atoms with Crippen molar-refractivity contribution in [2.75, 3.05) is 11.4 Å². The molecule has 0 spiro atoms. The van der Waals surface area contributed by atoms with Crippen LogP contribution in [0.3, 0.4) is 0 Å². The van der Waals surface area contributed by atoms with Gasteiger partial charge >= 0.3 is 0 Å². The predicted molar refractivity (Wildman–Crippen MR) is 98.1 cm³/mol. The van der Waals surface area contributed by atoms with Crippen molar-refractivity contribution < 1.29 is 9.59 Å². The summed E-state index contributed by atoms with van der Waals surface area (Å²) in [7, 11) is 0. The second-order valence-electron chi connectivity index (χ2n) is 7.17. The van der Waals surface area contributed by atoms with Crippen molar-refractivity contribution in [3.05, 3.63) is 34.7 Å². The topological polar surface area (TPSA) is 84.3 Å². The predicted octanol–water partition coefficient (Wildman–Crippen LogP) is 1.75. The van der Waals surface area contributed by atoms with Crippen LogP contribution in [-0.2, 0) is 9.59 Å². The molecule has 0 saturated carbocycles. The first kappa shape index (κ1) is 16.8. The third-order valence-electron chi connectivity index (χ3n) is 5.43. The highest BCUT2D eigenvalue weighted by Gasteiger charge is 2.30. The Morgan fingerprint density at radius 1 is 1.15 bits per heavy atom. The van der Waals surface area contributed by atoms with E-state index in [0.717, 1.165) is 17.6 Å². The average Bonchev–Trinajstić information content (AvgIpc) is 2.63. The summed E-state index contributed by atoms with van der Waals surface area (Å²) in [4.78, 5) is 38.6. The van der Waals surface area contributed by atoms with Gasteiger partial charge in [-0.25, -0.2) is 4.68 Å². The van der Waals surface area contributed by atoms with Crippen LogP contribution < -0.4 is 15.8 Å². The lowest BCUT2D eigenvalue weighted by Crippen LogP contribution is -2.45. The van der Waals surface area contributed by atoms with E-state index in [1.165, 1.54) is 23.9 Å². The Kier molecular flexibility index (Phi) is 4.22. The van der Waals surface area contributed by atoms with Crippen LogP contribution in [0.5, 0.6) is 0 Å². The number of hydrogen-bond donors (Lipinski definition) is 1. The summed E-state index contributed by atoms with van der Waals surface area (Å²) in [6, 6.07) is 5.54. The van der Waals surface area contributed by atoms with Gasteiger partial charge in [0.2, 0.25) is 5.91 Å². The quantitative estimate of drug-likeness (QED) is 0.831. The third-order valence-corrected chi connectivity index (χ3v) is 5.43. The van der Waals surface area contributed by atoms with Crippen molar-refractivity contribution in [2.24, 2.45) is 0 Å². The van der Waals surface area contributed by atoms with Gasteiger partial charge in [0, 0.05) is 30.1 Å². The number of anilines is 1. The number of hydrogen-bond acceptors (Lipinski definition) is 5. The molecule has 3 heterocycles. The zero-order valence-corrected chi connectivity index (χ0v) is 14.8. The summed E-state index contributed by atoms with van der Waals surface area (Å²) in [5.74, 6) is -0.769. The molecule has 0 bridgehead atoms. The van der Waals surface area contributed by atoms with Crippen molar-refractivity contribution >= 4 is 28.3 Å². The van der Waals surface area contributed by atoms with Gasteiger partial charge in [0.1, 0.15) is 6.04 Å². The minimum absolute atomic E-state index is 0.217. The summed E-state index contributed by atoms with van der Waals surface area (Å²) in [6.45, 7) is 3.25. The second kappa shape index (κ2) is 6.55. The number of nitrogens with zero attached hydrogens (tertiary/aromatic N) is 3. The Bertz CT molecular complexity index is 936. The van der Waals surface area contributed by atoms with Gasteiger partial charge in [-0.3, -0.25) is 19.7 Å². The maximum atomic E-state index is 12.8. The van der Waals surface area contributed by atoms with Gasteiger partial charge < -0.3 is 4.90 Å². The highest BCUT2D eigenvalue weighted by atomic mass is 16.2. The highest BCUT2D eigenvalue weighted by molar-refractivity contribution is 5.99. The number of carbonyl (C=O) groups is 2. The van der Waals surface area contributed by atoms with Crippen LogP contribution in [0, 0.1) is 0 Å². The van der Waals surface area contributed by atoms with Gasteiger partial charge in [0.15, 0.2) is 0 Å². The molecule has 7 nitrogen and oxygen atoms in total. The third kappa shape index (κ3) is 2.87. The molecule has 2 amide bonds.